The second-order valence-electron chi connectivity index (χ2n) is 3.41. The zero-order valence-electron chi connectivity index (χ0n) is 9.60. The molecule has 0 fully saturated rings. The van der Waals surface area contributed by atoms with E-state index in [1.165, 1.54) is 23.3 Å². The maximum absolute atomic E-state index is 11.2. The molecule has 0 aromatic carbocycles. The number of ether oxygens (including phenoxy) is 1. The van der Waals surface area contributed by atoms with E-state index >= 15 is 0 Å². The van der Waals surface area contributed by atoms with Gasteiger partial charge in [0.05, 0.1) is 10.9 Å². The molecule has 2 rings (SSSR count). The van der Waals surface area contributed by atoms with Crippen LogP contribution >= 0.6 is 38.6 Å². The minimum Gasteiger partial charge on any atom is -0.464 e. The van der Waals surface area contributed by atoms with Crippen LogP contribution in [0.15, 0.2) is 21.3 Å². The molecule has 0 aliphatic carbocycles. The van der Waals surface area contributed by atoms with Gasteiger partial charge < -0.3 is 10.1 Å². The Labute approximate surface area is 121 Å². The molecule has 0 radical (unpaired) electrons. The summed E-state index contributed by atoms with van der Waals surface area (Å²) >= 11 is 6.56. The van der Waals surface area contributed by atoms with Gasteiger partial charge in [0.1, 0.15) is 0 Å². The van der Waals surface area contributed by atoms with Crippen LogP contribution in [-0.2, 0) is 11.2 Å². The van der Waals surface area contributed by atoms with Crippen LogP contribution in [0.4, 0.5) is 5.13 Å². The predicted molar refractivity (Wildman–Crippen MR) is 77.7 cm³/mol. The molecule has 96 valence electrons. The van der Waals surface area contributed by atoms with Gasteiger partial charge in [-0.2, -0.15) is 0 Å². The first-order chi connectivity index (χ1) is 8.69. The molecule has 1 N–H and O–H groups in total. The lowest BCUT2D eigenvalue weighted by atomic mass is 10.3. The molecule has 2 aromatic heterocycles. The van der Waals surface area contributed by atoms with Crippen LogP contribution in [0.5, 0.6) is 0 Å². The molecule has 2 heterocycles. The molecule has 0 saturated carbocycles. The second-order valence-corrected chi connectivity index (χ2v) is 6.82. The average molecular weight is 347 g/mol. The normalized spacial score (nSPS) is 10.3. The van der Waals surface area contributed by atoms with E-state index in [1.54, 1.807) is 16.7 Å². The van der Waals surface area contributed by atoms with Crippen LogP contribution in [0.2, 0.25) is 0 Å². The van der Waals surface area contributed by atoms with E-state index in [0.717, 1.165) is 21.9 Å². The Bertz CT molecular complexity index is 539. The summed E-state index contributed by atoms with van der Waals surface area (Å²) in [5.74, 6) is -0.401. The van der Waals surface area contributed by atoms with E-state index in [-0.39, 0.29) is 0 Å². The average Bonchev–Trinajstić information content (AvgIpc) is 2.98. The van der Waals surface area contributed by atoms with E-state index in [4.69, 9.17) is 0 Å². The number of rotatable bonds is 5. The zero-order chi connectivity index (χ0) is 13.0. The molecule has 0 bridgehead atoms. The molecule has 0 amide bonds. The molecule has 0 aliphatic heterocycles. The van der Waals surface area contributed by atoms with Gasteiger partial charge in [0.2, 0.25) is 0 Å². The number of hydrogen-bond acceptors (Lipinski definition) is 6. The van der Waals surface area contributed by atoms with Gasteiger partial charge in [0.15, 0.2) is 10.8 Å². The number of esters is 1. The SMILES string of the molecule is COC(=O)c1csc(NCCc2ccc(Br)s2)n1. The number of thiazole rings is 1. The fourth-order valence-corrected chi connectivity index (χ4v) is 3.52. The van der Waals surface area contributed by atoms with Gasteiger partial charge in [-0.05, 0) is 34.5 Å². The molecule has 18 heavy (non-hydrogen) atoms. The molecule has 2 aromatic rings. The Balaban J connectivity index is 1.83. The number of nitrogens with one attached hydrogen (secondary N) is 1. The summed E-state index contributed by atoms with van der Waals surface area (Å²) in [6, 6.07) is 4.14. The molecule has 0 atom stereocenters. The number of hydrogen-bond donors (Lipinski definition) is 1. The summed E-state index contributed by atoms with van der Waals surface area (Å²) in [7, 11) is 1.35. The smallest absolute Gasteiger partial charge is 0.357 e. The fraction of sp³-hybridized carbons (Fsp3) is 0.273. The van der Waals surface area contributed by atoms with Crippen molar-refractivity contribution >= 4 is 49.7 Å². The second kappa shape index (κ2) is 6.31. The standard InChI is InChI=1S/C11H11BrN2O2S2/c1-16-10(15)8-6-17-11(14-8)13-5-4-7-2-3-9(12)18-7/h2-3,6H,4-5H2,1H3,(H,13,14). The highest BCUT2D eigenvalue weighted by molar-refractivity contribution is 9.11. The van der Waals surface area contributed by atoms with Gasteiger partial charge in [-0.25, -0.2) is 9.78 Å². The quantitative estimate of drug-likeness (QED) is 0.843. The number of carbonyl (C=O) groups excluding carboxylic acids is 1. The van der Waals surface area contributed by atoms with Crippen molar-refractivity contribution < 1.29 is 9.53 Å². The monoisotopic (exact) mass is 346 g/mol. The number of thiophene rings is 1. The molecule has 7 heteroatoms. The number of anilines is 1. The van der Waals surface area contributed by atoms with Crippen LogP contribution in [0.25, 0.3) is 0 Å². The third kappa shape index (κ3) is 3.54. The zero-order valence-corrected chi connectivity index (χ0v) is 12.8. The molecular weight excluding hydrogens is 336 g/mol. The van der Waals surface area contributed by atoms with Crippen molar-refractivity contribution in [3.63, 3.8) is 0 Å². The highest BCUT2D eigenvalue weighted by atomic mass is 79.9. The van der Waals surface area contributed by atoms with Crippen LogP contribution < -0.4 is 5.32 Å². The molecule has 4 nitrogen and oxygen atoms in total. The first-order valence-electron chi connectivity index (χ1n) is 5.21. The topological polar surface area (TPSA) is 51.2 Å². The van der Waals surface area contributed by atoms with Gasteiger partial charge in [-0.1, -0.05) is 0 Å². The van der Waals surface area contributed by atoms with E-state index in [9.17, 15) is 4.79 Å². The Kier molecular flexibility index (Phi) is 4.73. The lowest BCUT2D eigenvalue weighted by Gasteiger charge is -2.00. The maximum Gasteiger partial charge on any atom is 0.357 e. The molecule has 0 aliphatic rings. The summed E-state index contributed by atoms with van der Waals surface area (Å²) in [5, 5.41) is 5.62. The number of carbonyl (C=O) groups is 1. The van der Waals surface area contributed by atoms with Crippen molar-refractivity contribution in [3.05, 3.63) is 31.9 Å². The fourth-order valence-electron chi connectivity index (χ4n) is 1.33. The third-order valence-corrected chi connectivity index (χ3v) is 4.66. The summed E-state index contributed by atoms with van der Waals surface area (Å²) in [4.78, 5) is 16.7. The number of nitrogens with zero attached hydrogens (tertiary/aromatic N) is 1. The number of halogens is 1. The first-order valence-corrected chi connectivity index (χ1v) is 7.70. The van der Waals surface area contributed by atoms with Gasteiger partial charge in [0, 0.05) is 16.8 Å². The van der Waals surface area contributed by atoms with Gasteiger partial charge >= 0.3 is 5.97 Å². The van der Waals surface area contributed by atoms with Gasteiger partial charge in [-0.15, -0.1) is 22.7 Å². The van der Waals surface area contributed by atoms with Crippen LogP contribution in [0.1, 0.15) is 15.4 Å². The largest absolute Gasteiger partial charge is 0.464 e. The lowest BCUT2D eigenvalue weighted by molar-refractivity contribution is 0.0595. The highest BCUT2D eigenvalue weighted by Gasteiger charge is 2.10. The van der Waals surface area contributed by atoms with Crippen LogP contribution in [0, 0.1) is 0 Å². The van der Waals surface area contributed by atoms with Crippen molar-refractivity contribution in [2.24, 2.45) is 0 Å². The number of methoxy groups -OCH3 is 1. The van der Waals surface area contributed by atoms with Crippen molar-refractivity contribution in [2.45, 2.75) is 6.42 Å². The predicted octanol–water partition coefficient (Wildman–Crippen LogP) is 3.41. The molecule has 0 spiro atoms. The molecule has 0 saturated heterocycles. The van der Waals surface area contributed by atoms with E-state index in [1.807, 2.05) is 6.07 Å². The van der Waals surface area contributed by atoms with Crippen LogP contribution in [-0.4, -0.2) is 24.6 Å². The minimum absolute atomic E-state index is 0.351. The maximum atomic E-state index is 11.2. The van der Waals surface area contributed by atoms with E-state index in [2.05, 4.69) is 37.0 Å². The van der Waals surface area contributed by atoms with Gasteiger partial charge in [-0.3, -0.25) is 0 Å². The Morgan fingerprint density at radius 1 is 1.56 bits per heavy atom. The van der Waals surface area contributed by atoms with Crippen molar-refractivity contribution in [3.8, 4) is 0 Å². The van der Waals surface area contributed by atoms with Gasteiger partial charge in [0.25, 0.3) is 0 Å². The third-order valence-electron chi connectivity index (χ3n) is 2.18. The first kappa shape index (κ1) is 13.5. The van der Waals surface area contributed by atoms with E-state index < -0.39 is 5.97 Å². The summed E-state index contributed by atoms with van der Waals surface area (Å²) in [6.07, 6.45) is 0.934. The van der Waals surface area contributed by atoms with Crippen molar-refractivity contribution in [1.82, 2.24) is 4.98 Å². The molecule has 0 unspecified atom stereocenters. The summed E-state index contributed by atoms with van der Waals surface area (Å²) in [5.41, 5.74) is 0.351. The minimum atomic E-state index is -0.401. The Morgan fingerprint density at radius 2 is 2.39 bits per heavy atom. The Hall–Kier alpha value is -0.920. The highest BCUT2D eigenvalue weighted by Crippen LogP contribution is 2.22. The van der Waals surface area contributed by atoms with Crippen LogP contribution in [0.3, 0.4) is 0 Å². The van der Waals surface area contributed by atoms with Crippen molar-refractivity contribution in [1.29, 1.82) is 0 Å². The lowest BCUT2D eigenvalue weighted by Crippen LogP contribution is -2.05. The molecular formula is C11H11BrN2O2S2. The number of aromatic nitrogens is 1. The van der Waals surface area contributed by atoms with Crippen molar-refractivity contribution in [2.75, 3.05) is 19.0 Å². The summed E-state index contributed by atoms with van der Waals surface area (Å²) < 4.78 is 5.74. The Morgan fingerprint density at radius 3 is 3.06 bits per heavy atom. The van der Waals surface area contributed by atoms with E-state index in [0.29, 0.717) is 5.69 Å². The summed E-state index contributed by atoms with van der Waals surface area (Å²) in [6.45, 7) is 0.793.